The van der Waals surface area contributed by atoms with Gasteiger partial charge in [-0.1, -0.05) is 11.2 Å². The second-order valence-electron chi connectivity index (χ2n) is 8.29. The van der Waals surface area contributed by atoms with E-state index >= 15 is 0 Å². The molecule has 0 spiro atoms. The lowest BCUT2D eigenvalue weighted by molar-refractivity contribution is 0.0599. The molecule has 4 aromatic rings. The number of halogens is 2. The third-order valence-electron chi connectivity index (χ3n) is 6.05. The van der Waals surface area contributed by atoms with Gasteiger partial charge in [-0.05, 0) is 41.0 Å². The molecule has 10 heteroatoms. The van der Waals surface area contributed by atoms with Crippen molar-refractivity contribution in [1.29, 1.82) is 0 Å². The van der Waals surface area contributed by atoms with E-state index in [9.17, 15) is 18.4 Å². The fraction of sp³-hybridized carbons (Fsp3) is 0.200. The molecule has 1 aliphatic heterocycles. The maximum atomic E-state index is 14.2. The van der Waals surface area contributed by atoms with E-state index in [1.807, 2.05) is 6.20 Å². The van der Waals surface area contributed by atoms with Gasteiger partial charge in [0, 0.05) is 44.4 Å². The van der Waals surface area contributed by atoms with Crippen molar-refractivity contribution < 1.29 is 27.6 Å². The Morgan fingerprint density at radius 1 is 1.14 bits per heavy atom. The zero-order chi connectivity index (χ0) is 24.7. The number of rotatable bonds is 4. The predicted octanol–water partition coefficient (Wildman–Crippen LogP) is 3.93. The van der Waals surface area contributed by atoms with Crippen molar-refractivity contribution in [3.05, 3.63) is 94.4 Å². The number of amides is 1. The van der Waals surface area contributed by atoms with Crippen LogP contribution in [0, 0.1) is 11.6 Å². The molecular formula is C25H20F2N4O4. The lowest BCUT2D eigenvalue weighted by atomic mass is 9.84. The zero-order valence-corrected chi connectivity index (χ0v) is 18.9. The second-order valence-corrected chi connectivity index (χ2v) is 8.29. The van der Waals surface area contributed by atoms with Gasteiger partial charge in [0.05, 0.1) is 24.4 Å². The minimum atomic E-state index is -0.815. The van der Waals surface area contributed by atoms with E-state index in [4.69, 9.17) is 9.26 Å². The Hall–Kier alpha value is -4.34. The molecule has 2 aromatic carbocycles. The Kier molecular flexibility index (Phi) is 5.64. The van der Waals surface area contributed by atoms with Crippen LogP contribution in [0.2, 0.25) is 0 Å². The number of carbonyl (C=O) groups excluding carboxylic acids is 2. The fourth-order valence-electron chi connectivity index (χ4n) is 4.31. The molecule has 8 nitrogen and oxygen atoms in total. The molecule has 178 valence electrons. The van der Waals surface area contributed by atoms with Crippen LogP contribution in [0.15, 0.2) is 59.4 Å². The number of carbonyl (C=O) groups is 2. The Balaban J connectivity index is 1.48. The molecule has 0 radical (unpaired) electrons. The van der Waals surface area contributed by atoms with Gasteiger partial charge in [-0.2, -0.15) is 5.10 Å². The van der Waals surface area contributed by atoms with Crippen LogP contribution in [0.5, 0.6) is 0 Å². The lowest BCUT2D eigenvalue weighted by Gasteiger charge is -2.34. The standard InChI is InChI=1S/C25H20F2N4O4/c1-30-11-16(10-28-30)20-13-31(12-15-4-3-14(7-19(15)20)25(33)34-2)24(32)22-9-23(35-29-22)18-6-5-17(26)8-21(18)27/h3-11,20H,12-13H2,1-2H3. The van der Waals surface area contributed by atoms with Crippen molar-refractivity contribution in [2.45, 2.75) is 12.5 Å². The van der Waals surface area contributed by atoms with E-state index in [2.05, 4.69) is 10.3 Å². The zero-order valence-electron chi connectivity index (χ0n) is 18.9. The van der Waals surface area contributed by atoms with Crippen LogP contribution in [0.1, 0.15) is 43.5 Å². The molecule has 0 N–H and O–H groups in total. The highest BCUT2D eigenvalue weighted by Gasteiger charge is 2.32. The average molecular weight is 478 g/mol. The topological polar surface area (TPSA) is 90.5 Å². The summed E-state index contributed by atoms with van der Waals surface area (Å²) in [5.74, 6) is -2.61. The minimum absolute atomic E-state index is 0.00305. The van der Waals surface area contributed by atoms with Crippen molar-refractivity contribution in [2.75, 3.05) is 13.7 Å². The summed E-state index contributed by atoms with van der Waals surface area (Å²) in [6, 6.07) is 9.65. The van der Waals surface area contributed by atoms with E-state index in [-0.39, 0.29) is 29.5 Å². The molecule has 1 unspecified atom stereocenters. The highest BCUT2D eigenvalue weighted by atomic mass is 19.1. The van der Waals surface area contributed by atoms with E-state index in [0.29, 0.717) is 12.1 Å². The van der Waals surface area contributed by atoms with E-state index in [1.165, 1.54) is 19.2 Å². The summed E-state index contributed by atoms with van der Waals surface area (Å²) in [5, 5.41) is 8.08. The predicted molar refractivity (Wildman–Crippen MR) is 119 cm³/mol. The van der Waals surface area contributed by atoms with Gasteiger partial charge < -0.3 is 14.2 Å². The number of methoxy groups -OCH3 is 1. The number of fused-ring (bicyclic) bond motifs is 1. The van der Waals surface area contributed by atoms with Crippen molar-refractivity contribution in [2.24, 2.45) is 7.05 Å². The van der Waals surface area contributed by atoms with E-state index in [1.54, 1.807) is 41.0 Å². The average Bonchev–Trinajstić information content (AvgIpc) is 3.51. The maximum absolute atomic E-state index is 14.2. The van der Waals surface area contributed by atoms with Crippen LogP contribution < -0.4 is 0 Å². The normalized spacial score (nSPS) is 15.1. The van der Waals surface area contributed by atoms with Crippen LogP contribution in [0.3, 0.4) is 0 Å². The van der Waals surface area contributed by atoms with Crippen LogP contribution in [-0.2, 0) is 18.3 Å². The highest BCUT2D eigenvalue weighted by molar-refractivity contribution is 5.93. The number of benzene rings is 2. The summed E-state index contributed by atoms with van der Waals surface area (Å²) in [6.07, 6.45) is 3.58. The van der Waals surface area contributed by atoms with Crippen molar-refractivity contribution in [1.82, 2.24) is 19.8 Å². The molecule has 1 atom stereocenters. The lowest BCUT2D eigenvalue weighted by Crippen LogP contribution is -2.38. The first-order chi connectivity index (χ1) is 16.8. The molecule has 2 aromatic heterocycles. The third-order valence-corrected chi connectivity index (χ3v) is 6.05. The molecule has 0 aliphatic carbocycles. The highest BCUT2D eigenvalue weighted by Crippen LogP contribution is 2.35. The summed E-state index contributed by atoms with van der Waals surface area (Å²) in [5.41, 5.74) is 3.07. The molecular weight excluding hydrogens is 458 g/mol. The fourth-order valence-corrected chi connectivity index (χ4v) is 4.31. The number of aromatic nitrogens is 3. The van der Waals surface area contributed by atoms with Crippen molar-refractivity contribution >= 4 is 11.9 Å². The quantitative estimate of drug-likeness (QED) is 0.413. The SMILES string of the molecule is COC(=O)c1ccc2c(c1)C(c1cnn(C)c1)CN(C(=O)c1cc(-c3ccc(F)cc3F)on1)C2. The second kappa shape index (κ2) is 8.79. The van der Waals surface area contributed by atoms with Crippen LogP contribution >= 0.6 is 0 Å². The van der Waals surface area contributed by atoms with Gasteiger partial charge in [0.25, 0.3) is 5.91 Å². The number of ether oxygens (including phenoxy) is 1. The maximum Gasteiger partial charge on any atom is 0.337 e. The first kappa shape index (κ1) is 22.5. The molecule has 0 saturated carbocycles. The van der Waals surface area contributed by atoms with Crippen LogP contribution in [0.25, 0.3) is 11.3 Å². The van der Waals surface area contributed by atoms with Crippen molar-refractivity contribution in [3.63, 3.8) is 0 Å². The molecule has 1 aliphatic rings. The van der Waals surface area contributed by atoms with Gasteiger partial charge in [0.2, 0.25) is 0 Å². The largest absolute Gasteiger partial charge is 0.465 e. The molecule has 3 heterocycles. The number of hydrogen-bond donors (Lipinski definition) is 0. The van der Waals surface area contributed by atoms with Crippen LogP contribution in [0.4, 0.5) is 8.78 Å². The van der Waals surface area contributed by atoms with Crippen molar-refractivity contribution in [3.8, 4) is 11.3 Å². The van der Waals surface area contributed by atoms with Gasteiger partial charge in [-0.25, -0.2) is 13.6 Å². The Morgan fingerprint density at radius 2 is 1.97 bits per heavy atom. The number of nitrogens with zero attached hydrogens (tertiary/aromatic N) is 4. The Labute approximate surface area is 198 Å². The summed E-state index contributed by atoms with van der Waals surface area (Å²) < 4.78 is 39.1. The van der Waals surface area contributed by atoms with Gasteiger partial charge >= 0.3 is 5.97 Å². The van der Waals surface area contributed by atoms with Gasteiger partial charge in [0.1, 0.15) is 11.6 Å². The smallest absolute Gasteiger partial charge is 0.337 e. The first-order valence-corrected chi connectivity index (χ1v) is 10.7. The molecule has 1 amide bonds. The summed E-state index contributed by atoms with van der Waals surface area (Å²) in [7, 11) is 3.12. The molecule has 0 saturated heterocycles. The van der Waals surface area contributed by atoms with Gasteiger partial charge in [0.15, 0.2) is 11.5 Å². The number of hydrogen-bond acceptors (Lipinski definition) is 6. The summed E-state index contributed by atoms with van der Waals surface area (Å²) in [4.78, 5) is 27.1. The first-order valence-electron chi connectivity index (χ1n) is 10.7. The molecule has 5 rings (SSSR count). The summed E-state index contributed by atoms with van der Waals surface area (Å²) >= 11 is 0. The third kappa shape index (κ3) is 4.18. The summed E-state index contributed by atoms with van der Waals surface area (Å²) in [6.45, 7) is 0.578. The Morgan fingerprint density at radius 3 is 2.69 bits per heavy atom. The number of esters is 1. The molecule has 0 bridgehead atoms. The molecule has 35 heavy (non-hydrogen) atoms. The van der Waals surface area contributed by atoms with Gasteiger partial charge in [-0.3, -0.25) is 9.48 Å². The van der Waals surface area contributed by atoms with E-state index < -0.39 is 23.5 Å². The monoisotopic (exact) mass is 478 g/mol. The molecule has 0 fully saturated rings. The van der Waals surface area contributed by atoms with E-state index in [0.717, 1.165) is 28.8 Å². The van der Waals surface area contributed by atoms with Gasteiger partial charge in [-0.15, -0.1) is 0 Å². The minimum Gasteiger partial charge on any atom is -0.465 e. The van der Waals surface area contributed by atoms with Crippen LogP contribution in [-0.4, -0.2) is 45.4 Å². The number of aryl methyl sites for hydroxylation is 1. The Bertz CT molecular complexity index is 1450.